The molecule has 0 amide bonds. The minimum Gasteiger partial charge on any atom is -0.295 e. The summed E-state index contributed by atoms with van der Waals surface area (Å²) in [6, 6.07) is 0. The van der Waals surface area contributed by atoms with E-state index < -0.39 is 0 Å². The molecule has 2 rings (SSSR count). The van der Waals surface area contributed by atoms with Crippen LogP contribution in [0, 0.1) is 17.3 Å². The van der Waals surface area contributed by atoms with E-state index >= 15 is 0 Å². The Hall–Kier alpha value is -0.850. The van der Waals surface area contributed by atoms with Gasteiger partial charge in [0.05, 0.1) is 0 Å². The summed E-state index contributed by atoms with van der Waals surface area (Å²) in [5.74, 6) is 1.85. The van der Waals surface area contributed by atoms with Crippen LogP contribution in [-0.2, 0) is 4.79 Å². The maximum absolute atomic E-state index is 11.6. The zero-order valence-electron chi connectivity index (χ0n) is 12.1. The molecule has 0 heterocycles. The molecule has 0 aliphatic heterocycles. The zero-order valence-corrected chi connectivity index (χ0v) is 12.1. The van der Waals surface area contributed by atoms with Gasteiger partial charge >= 0.3 is 0 Å². The highest BCUT2D eigenvalue weighted by molar-refractivity contribution is 5.91. The van der Waals surface area contributed by atoms with Crippen LogP contribution >= 0.6 is 0 Å². The second kappa shape index (κ2) is 5.03. The van der Waals surface area contributed by atoms with E-state index in [1.165, 1.54) is 24.0 Å². The molecule has 1 heteroatoms. The molecule has 18 heavy (non-hydrogen) atoms. The molecule has 0 aromatic heterocycles. The van der Waals surface area contributed by atoms with Crippen LogP contribution in [-0.4, -0.2) is 5.78 Å². The summed E-state index contributed by atoms with van der Waals surface area (Å²) in [6.45, 7) is 10.9. The highest BCUT2D eigenvalue weighted by Crippen LogP contribution is 2.54. The number of allylic oxidation sites excluding steroid dienone is 3. The maximum Gasteiger partial charge on any atom is 0.155 e. The van der Waals surface area contributed by atoms with Crippen LogP contribution in [0.4, 0.5) is 0 Å². The van der Waals surface area contributed by atoms with Crippen LogP contribution in [0.15, 0.2) is 23.8 Å². The van der Waals surface area contributed by atoms with E-state index in [4.69, 9.17) is 0 Å². The second-order valence-electron chi connectivity index (χ2n) is 6.67. The van der Waals surface area contributed by atoms with E-state index in [1.54, 1.807) is 0 Å². The fourth-order valence-electron chi connectivity index (χ4n) is 3.97. The molecule has 0 bridgehead atoms. The van der Waals surface area contributed by atoms with Gasteiger partial charge in [0.2, 0.25) is 0 Å². The number of hydrogen-bond acceptors (Lipinski definition) is 1. The Bertz CT molecular complexity index is 390. The van der Waals surface area contributed by atoms with Crippen molar-refractivity contribution in [3.8, 4) is 0 Å². The van der Waals surface area contributed by atoms with Gasteiger partial charge in [0.1, 0.15) is 0 Å². The molecular formula is C17H26O. The largest absolute Gasteiger partial charge is 0.295 e. The van der Waals surface area contributed by atoms with Crippen LogP contribution in [0.2, 0.25) is 0 Å². The summed E-state index contributed by atoms with van der Waals surface area (Å²) in [6.07, 6.45) is 8.51. The van der Waals surface area contributed by atoms with Gasteiger partial charge in [0.15, 0.2) is 5.78 Å². The number of hydrogen-bond donors (Lipinski definition) is 0. The number of rotatable bonds is 3. The summed E-state index contributed by atoms with van der Waals surface area (Å²) >= 11 is 0. The highest BCUT2D eigenvalue weighted by atomic mass is 16.1. The molecule has 100 valence electrons. The highest BCUT2D eigenvalue weighted by Gasteiger charge is 2.44. The third kappa shape index (κ3) is 2.46. The average molecular weight is 246 g/mol. The Morgan fingerprint density at radius 2 is 2.22 bits per heavy atom. The molecular weight excluding hydrogens is 220 g/mol. The van der Waals surface area contributed by atoms with Crippen molar-refractivity contribution in [1.29, 1.82) is 0 Å². The fraction of sp³-hybridized carbons (Fsp3) is 0.706. The first-order chi connectivity index (χ1) is 8.43. The van der Waals surface area contributed by atoms with Gasteiger partial charge in [-0.2, -0.15) is 0 Å². The topological polar surface area (TPSA) is 17.1 Å². The third-order valence-corrected chi connectivity index (χ3v) is 5.22. The molecule has 1 fully saturated rings. The van der Waals surface area contributed by atoms with E-state index in [2.05, 4.69) is 27.4 Å². The Morgan fingerprint density at radius 1 is 1.50 bits per heavy atom. The molecule has 1 saturated carbocycles. The molecule has 2 aliphatic rings. The quantitative estimate of drug-likeness (QED) is 0.660. The average Bonchev–Trinajstić information content (AvgIpc) is 2.29. The smallest absolute Gasteiger partial charge is 0.155 e. The van der Waals surface area contributed by atoms with Gasteiger partial charge in [-0.05, 0) is 62.4 Å². The number of carbonyl (C=O) groups is 1. The zero-order chi connectivity index (χ0) is 13.3. The fourth-order valence-corrected chi connectivity index (χ4v) is 3.97. The molecule has 3 atom stereocenters. The minimum absolute atomic E-state index is 0.279. The molecule has 2 aliphatic carbocycles. The summed E-state index contributed by atoms with van der Waals surface area (Å²) < 4.78 is 0. The summed E-state index contributed by atoms with van der Waals surface area (Å²) in [7, 11) is 0. The van der Waals surface area contributed by atoms with Gasteiger partial charge in [-0.15, -0.1) is 6.58 Å². The second-order valence-corrected chi connectivity index (χ2v) is 6.67. The molecule has 0 spiro atoms. The number of fused-ring (bicyclic) bond motifs is 1. The molecule has 0 radical (unpaired) electrons. The lowest BCUT2D eigenvalue weighted by molar-refractivity contribution is -0.116. The van der Waals surface area contributed by atoms with E-state index in [1.807, 2.05) is 6.08 Å². The van der Waals surface area contributed by atoms with Crippen LogP contribution < -0.4 is 0 Å². The summed E-state index contributed by atoms with van der Waals surface area (Å²) in [5.41, 5.74) is 3.00. The number of carbonyl (C=O) groups excluding carboxylic acids is 1. The summed E-state index contributed by atoms with van der Waals surface area (Å²) in [5, 5.41) is 0. The lowest BCUT2D eigenvalue weighted by Gasteiger charge is -2.49. The van der Waals surface area contributed by atoms with Crippen molar-refractivity contribution in [3.05, 3.63) is 23.8 Å². The molecule has 0 aromatic carbocycles. The van der Waals surface area contributed by atoms with E-state index in [0.717, 1.165) is 37.5 Å². The van der Waals surface area contributed by atoms with E-state index in [0.29, 0.717) is 5.78 Å². The van der Waals surface area contributed by atoms with Crippen molar-refractivity contribution in [2.75, 3.05) is 0 Å². The predicted molar refractivity (Wildman–Crippen MR) is 76.4 cm³/mol. The van der Waals surface area contributed by atoms with Crippen molar-refractivity contribution < 1.29 is 4.79 Å². The lowest BCUT2D eigenvalue weighted by atomic mass is 9.55. The first kappa shape index (κ1) is 13.6. The normalized spacial score (nSPS) is 35.9. The summed E-state index contributed by atoms with van der Waals surface area (Å²) in [4.78, 5) is 11.6. The van der Waals surface area contributed by atoms with Gasteiger partial charge in [-0.3, -0.25) is 4.79 Å². The Labute approximate surface area is 111 Å². The van der Waals surface area contributed by atoms with E-state index in [9.17, 15) is 4.79 Å². The van der Waals surface area contributed by atoms with Gasteiger partial charge in [-0.25, -0.2) is 0 Å². The predicted octanol–water partition coefficient (Wildman–Crippen LogP) is 4.68. The monoisotopic (exact) mass is 246 g/mol. The minimum atomic E-state index is 0.279. The Morgan fingerprint density at radius 3 is 2.89 bits per heavy atom. The van der Waals surface area contributed by atoms with Crippen molar-refractivity contribution in [2.45, 2.75) is 59.3 Å². The van der Waals surface area contributed by atoms with Crippen LogP contribution in [0.25, 0.3) is 0 Å². The van der Waals surface area contributed by atoms with Gasteiger partial charge in [0.25, 0.3) is 0 Å². The van der Waals surface area contributed by atoms with Gasteiger partial charge in [-0.1, -0.05) is 25.0 Å². The maximum atomic E-state index is 11.6. The molecule has 0 N–H and O–H groups in total. The Balaban J connectivity index is 2.22. The molecule has 0 aromatic rings. The SMILES string of the molecule is C=C(C)CC[C@@H]1[C@@H](C)CCC2=CC(=O)CC[C@@]21C. The van der Waals surface area contributed by atoms with Crippen molar-refractivity contribution in [3.63, 3.8) is 0 Å². The standard InChI is InChI=1S/C17H26O/c1-12(2)5-8-16-13(3)6-7-14-11-15(18)9-10-17(14,16)4/h11,13,16H,1,5-10H2,2-4H3/t13-,16+,17-/m0/s1. The van der Waals surface area contributed by atoms with Crippen molar-refractivity contribution in [2.24, 2.45) is 17.3 Å². The first-order valence-corrected chi connectivity index (χ1v) is 7.32. The van der Waals surface area contributed by atoms with Crippen LogP contribution in [0.5, 0.6) is 0 Å². The van der Waals surface area contributed by atoms with Crippen molar-refractivity contribution in [1.82, 2.24) is 0 Å². The van der Waals surface area contributed by atoms with Crippen LogP contribution in [0.3, 0.4) is 0 Å². The Kier molecular flexibility index (Phi) is 3.79. The third-order valence-electron chi connectivity index (χ3n) is 5.22. The van der Waals surface area contributed by atoms with Crippen molar-refractivity contribution >= 4 is 5.78 Å². The molecule has 0 saturated heterocycles. The molecule has 0 unspecified atom stereocenters. The van der Waals surface area contributed by atoms with Crippen LogP contribution in [0.1, 0.15) is 59.3 Å². The van der Waals surface area contributed by atoms with Gasteiger partial charge in [0, 0.05) is 6.42 Å². The lowest BCUT2D eigenvalue weighted by Crippen LogP contribution is -2.40. The number of ketones is 1. The molecule has 1 nitrogen and oxygen atoms in total. The van der Waals surface area contributed by atoms with E-state index in [-0.39, 0.29) is 5.41 Å². The first-order valence-electron chi connectivity index (χ1n) is 7.32. The van der Waals surface area contributed by atoms with Gasteiger partial charge < -0.3 is 0 Å².